The van der Waals surface area contributed by atoms with E-state index < -0.39 is 22.0 Å². The van der Waals surface area contributed by atoms with Gasteiger partial charge in [-0.05, 0) is 19.8 Å². The van der Waals surface area contributed by atoms with Crippen molar-refractivity contribution in [3.8, 4) is 0 Å². The Bertz CT molecular complexity index is 551. The minimum atomic E-state index is -3.80. The summed E-state index contributed by atoms with van der Waals surface area (Å²) in [6, 6.07) is -0.971. The minimum Gasteiger partial charge on any atom is -0.480 e. The molecule has 2 rings (SSSR count). The van der Waals surface area contributed by atoms with E-state index in [0.717, 1.165) is 4.31 Å². The van der Waals surface area contributed by atoms with Crippen molar-refractivity contribution in [2.24, 2.45) is 0 Å². The minimum absolute atomic E-state index is 0.0856. The van der Waals surface area contributed by atoms with Crippen molar-refractivity contribution in [3.05, 3.63) is 12.5 Å². The lowest BCUT2D eigenvalue weighted by Crippen LogP contribution is -2.40. The molecule has 0 saturated carbocycles. The number of sulfonamides is 1. The highest BCUT2D eigenvalue weighted by atomic mass is 32.2. The molecule has 1 N–H and O–H groups in total. The van der Waals surface area contributed by atoms with Gasteiger partial charge >= 0.3 is 5.97 Å². The molecule has 1 atom stereocenters. The van der Waals surface area contributed by atoms with Gasteiger partial charge in [0.05, 0.1) is 6.33 Å². The summed E-state index contributed by atoms with van der Waals surface area (Å²) in [6.07, 6.45) is 3.76. The van der Waals surface area contributed by atoms with Crippen LogP contribution < -0.4 is 0 Å². The van der Waals surface area contributed by atoms with Crippen LogP contribution >= 0.6 is 0 Å². The summed E-state index contributed by atoms with van der Waals surface area (Å²) in [7, 11) is -3.80. The molecular weight excluding hydrogens is 258 g/mol. The molecule has 100 valence electrons. The van der Waals surface area contributed by atoms with Crippen LogP contribution in [0.2, 0.25) is 0 Å². The largest absolute Gasteiger partial charge is 0.480 e. The molecular formula is C10H15N3O4S. The highest BCUT2D eigenvalue weighted by Gasteiger charge is 2.40. The predicted octanol–water partition coefficient (Wildman–Crippen LogP) is 0.141. The molecule has 1 fully saturated rings. The molecule has 1 saturated heterocycles. The average Bonchev–Trinajstić information content (AvgIpc) is 2.98. The molecule has 2 heterocycles. The van der Waals surface area contributed by atoms with E-state index in [4.69, 9.17) is 5.11 Å². The molecule has 0 amide bonds. The van der Waals surface area contributed by atoms with Crippen LogP contribution in [-0.4, -0.2) is 45.9 Å². The van der Waals surface area contributed by atoms with E-state index in [1.54, 1.807) is 4.57 Å². The van der Waals surface area contributed by atoms with Gasteiger partial charge in [-0.25, -0.2) is 13.4 Å². The summed E-state index contributed by atoms with van der Waals surface area (Å²) < 4.78 is 27.2. The van der Waals surface area contributed by atoms with Gasteiger partial charge in [0.15, 0.2) is 5.03 Å². The zero-order valence-electron chi connectivity index (χ0n) is 9.98. The van der Waals surface area contributed by atoms with Gasteiger partial charge in [-0.2, -0.15) is 4.31 Å². The van der Waals surface area contributed by atoms with Crippen LogP contribution in [0.25, 0.3) is 0 Å². The van der Waals surface area contributed by atoms with Crippen LogP contribution in [0.15, 0.2) is 17.6 Å². The van der Waals surface area contributed by atoms with E-state index in [2.05, 4.69) is 4.98 Å². The van der Waals surface area contributed by atoms with E-state index >= 15 is 0 Å². The molecule has 0 spiro atoms. The fourth-order valence-corrected chi connectivity index (χ4v) is 3.63. The highest BCUT2D eigenvalue weighted by Crippen LogP contribution is 2.25. The second-order valence-electron chi connectivity index (χ2n) is 4.15. The van der Waals surface area contributed by atoms with E-state index in [1.165, 1.54) is 12.5 Å². The number of aryl methyl sites for hydroxylation is 1. The molecule has 0 aliphatic carbocycles. The van der Waals surface area contributed by atoms with Crippen LogP contribution in [0.4, 0.5) is 0 Å². The van der Waals surface area contributed by atoms with Crippen LogP contribution in [0, 0.1) is 0 Å². The summed E-state index contributed by atoms with van der Waals surface area (Å²) >= 11 is 0. The molecule has 1 aromatic rings. The Balaban J connectivity index is 2.33. The molecule has 1 aromatic heterocycles. The predicted molar refractivity (Wildman–Crippen MR) is 62.5 cm³/mol. The smallest absolute Gasteiger partial charge is 0.322 e. The lowest BCUT2D eigenvalue weighted by Gasteiger charge is -2.19. The Kier molecular flexibility index (Phi) is 3.40. The van der Waals surface area contributed by atoms with E-state index in [-0.39, 0.29) is 11.6 Å². The van der Waals surface area contributed by atoms with Gasteiger partial charge in [0.25, 0.3) is 10.0 Å². The first-order valence-corrected chi connectivity index (χ1v) is 7.17. The van der Waals surface area contributed by atoms with Crippen molar-refractivity contribution >= 4 is 16.0 Å². The summed E-state index contributed by atoms with van der Waals surface area (Å²) in [5.74, 6) is -1.11. The first-order valence-electron chi connectivity index (χ1n) is 5.73. The molecule has 0 radical (unpaired) electrons. The number of carbonyl (C=O) groups is 1. The Labute approximate surface area is 105 Å². The summed E-state index contributed by atoms with van der Waals surface area (Å²) in [4.78, 5) is 14.9. The number of rotatable bonds is 4. The topological polar surface area (TPSA) is 92.5 Å². The molecule has 0 bridgehead atoms. The number of imidazole rings is 1. The average molecular weight is 273 g/mol. The molecule has 7 nitrogen and oxygen atoms in total. The number of hydrogen-bond donors (Lipinski definition) is 1. The maximum absolute atomic E-state index is 12.3. The molecule has 0 aromatic carbocycles. The van der Waals surface area contributed by atoms with Crippen LogP contribution in [-0.2, 0) is 21.4 Å². The summed E-state index contributed by atoms with van der Waals surface area (Å²) in [5, 5.41) is 8.93. The first-order chi connectivity index (χ1) is 8.46. The van der Waals surface area contributed by atoms with Gasteiger partial charge in [0, 0.05) is 19.3 Å². The molecule has 8 heteroatoms. The van der Waals surface area contributed by atoms with Crippen molar-refractivity contribution in [2.75, 3.05) is 6.54 Å². The molecule has 18 heavy (non-hydrogen) atoms. The molecule has 1 aliphatic heterocycles. The number of hydrogen-bond acceptors (Lipinski definition) is 4. The Morgan fingerprint density at radius 3 is 2.89 bits per heavy atom. The van der Waals surface area contributed by atoms with Crippen LogP contribution in [0.3, 0.4) is 0 Å². The number of carboxylic acids is 1. The van der Waals surface area contributed by atoms with Gasteiger partial charge in [0.1, 0.15) is 6.04 Å². The number of aliphatic carboxylic acids is 1. The van der Waals surface area contributed by atoms with Gasteiger partial charge in [-0.3, -0.25) is 4.79 Å². The van der Waals surface area contributed by atoms with Crippen molar-refractivity contribution in [2.45, 2.75) is 37.4 Å². The van der Waals surface area contributed by atoms with Crippen molar-refractivity contribution in [3.63, 3.8) is 0 Å². The SMILES string of the molecule is CCn1cnc(S(=O)(=O)N2CCC[C@@H]2C(=O)O)c1. The fourth-order valence-electron chi connectivity index (χ4n) is 2.04. The summed E-state index contributed by atoms with van der Waals surface area (Å²) in [6.45, 7) is 2.72. The second kappa shape index (κ2) is 4.69. The second-order valence-corrected chi connectivity index (χ2v) is 5.99. The first kappa shape index (κ1) is 13.0. The van der Waals surface area contributed by atoms with Crippen molar-refractivity contribution in [1.82, 2.24) is 13.9 Å². The number of carboxylic acid groups (broad SMARTS) is 1. The lowest BCUT2D eigenvalue weighted by molar-refractivity contribution is -0.140. The third-order valence-corrected chi connectivity index (χ3v) is 4.83. The third kappa shape index (κ3) is 2.13. The van der Waals surface area contributed by atoms with Crippen LogP contribution in [0.1, 0.15) is 19.8 Å². The van der Waals surface area contributed by atoms with E-state index in [0.29, 0.717) is 19.4 Å². The lowest BCUT2D eigenvalue weighted by atomic mass is 10.2. The van der Waals surface area contributed by atoms with Gasteiger partial charge in [-0.15, -0.1) is 0 Å². The van der Waals surface area contributed by atoms with Crippen LogP contribution in [0.5, 0.6) is 0 Å². The molecule has 1 aliphatic rings. The number of nitrogens with zero attached hydrogens (tertiary/aromatic N) is 3. The Morgan fingerprint density at radius 2 is 2.33 bits per heavy atom. The summed E-state index contributed by atoms with van der Waals surface area (Å²) in [5.41, 5.74) is 0. The van der Waals surface area contributed by atoms with Crippen molar-refractivity contribution in [1.29, 1.82) is 0 Å². The zero-order chi connectivity index (χ0) is 13.3. The fraction of sp³-hybridized carbons (Fsp3) is 0.600. The van der Waals surface area contributed by atoms with Crippen molar-refractivity contribution < 1.29 is 18.3 Å². The highest BCUT2D eigenvalue weighted by molar-refractivity contribution is 7.89. The normalized spacial score (nSPS) is 21.3. The Hall–Kier alpha value is -1.41. The van der Waals surface area contributed by atoms with Gasteiger partial charge in [0.2, 0.25) is 0 Å². The standard InChI is InChI=1S/C10H15N3O4S/c1-2-12-6-9(11-7-12)18(16,17)13-5-3-4-8(13)10(14)15/h6-8H,2-5H2,1H3,(H,14,15)/t8-/m1/s1. The quantitative estimate of drug-likeness (QED) is 0.842. The molecule has 0 unspecified atom stereocenters. The van der Waals surface area contributed by atoms with Gasteiger partial charge in [-0.1, -0.05) is 0 Å². The van der Waals surface area contributed by atoms with Gasteiger partial charge < -0.3 is 9.67 Å². The third-order valence-electron chi connectivity index (χ3n) is 3.04. The number of aromatic nitrogens is 2. The Morgan fingerprint density at radius 1 is 1.61 bits per heavy atom. The van der Waals surface area contributed by atoms with E-state index in [1.807, 2.05) is 6.92 Å². The van der Waals surface area contributed by atoms with E-state index in [9.17, 15) is 13.2 Å². The maximum atomic E-state index is 12.3. The maximum Gasteiger partial charge on any atom is 0.322 e. The monoisotopic (exact) mass is 273 g/mol. The zero-order valence-corrected chi connectivity index (χ0v) is 10.8.